The van der Waals surface area contributed by atoms with E-state index in [1.807, 2.05) is 4.90 Å². The molecule has 0 aromatic heterocycles. The van der Waals surface area contributed by atoms with Crippen LogP contribution < -0.4 is 5.73 Å². The van der Waals surface area contributed by atoms with Crippen molar-refractivity contribution in [1.82, 2.24) is 4.90 Å². The van der Waals surface area contributed by atoms with Gasteiger partial charge >= 0.3 is 0 Å². The molecule has 5 heteroatoms. The number of fused-ring (bicyclic) bond motifs is 3. The van der Waals surface area contributed by atoms with E-state index in [0.717, 1.165) is 12.8 Å². The van der Waals surface area contributed by atoms with Crippen molar-refractivity contribution in [2.45, 2.75) is 44.2 Å². The Bertz CT molecular complexity index is 429. The Balaban J connectivity index is 1.96. The molecule has 5 nitrogen and oxygen atoms in total. The van der Waals surface area contributed by atoms with Gasteiger partial charge in [-0.1, -0.05) is 12.8 Å². The molecule has 0 bridgehead atoms. The Kier molecular flexibility index (Phi) is 2.18. The lowest BCUT2D eigenvalue weighted by Gasteiger charge is -2.32. The number of nitrogens with two attached hydrogens (primary N) is 1. The van der Waals surface area contributed by atoms with Crippen LogP contribution in [0.25, 0.3) is 0 Å². The molecule has 0 aromatic carbocycles. The first-order valence-electron chi connectivity index (χ1n) is 6.21. The number of aliphatic hydroxyl groups excluding tert-OH is 1. The minimum Gasteiger partial charge on any atom is -0.509 e. The van der Waals surface area contributed by atoms with Crippen molar-refractivity contribution in [1.29, 1.82) is 5.41 Å². The lowest BCUT2D eigenvalue weighted by Crippen LogP contribution is -2.40. The summed E-state index contributed by atoms with van der Waals surface area (Å²) in [7, 11) is 0. The van der Waals surface area contributed by atoms with Crippen LogP contribution in [0.15, 0.2) is 11.3 Å². The molecule has 1 aliphatic carbocycles. The number of aliphatic hydroxyl groups is 1. The molecular weight excluding hydrogens is 218 g/mol. The van der Waals surface area contributed by atoms with E-state index in [9.17, 15) is 9.90 Å². The standard InChI is InChI=1S/C12H17N3O2/c13-11-9(12(14)17)10(16)8-5-6-3-1-2-4-7(6)15(8)11/h6-8,13,16H,1-5H2,(H2,14,17)/t6-,7-,8-/m0/s1. The second-order valence-corrected chi connectivity index (χ2v) is 5.24. The highest BCUT2D eigenvalue weighted by atomic mass is 16.3. The van der Waals surface area contributed by atoms with Gasteiger partial charge in [-0.2, -0.15) is 0 Å². The van der Waals surface area contributed by atoms with E-state index in [-0.39, 0.29) is 23.2 Å². The molecule has 3 atom stereocenters. The third-order valence-corrected chi connectivity index (χ3v) is 4.40. The monoisotopic (exact) mass is 235 g/mol. The summed E-state index contributed by atoms with van der Waals surface area (Å²) in [6.07, 6.45) is 5.50. The van der Waals surface area contributed by atoms with Crippen LogP contribution in [0, 0.1) is 11.3 Å². The van der Waals surface area contributed by atoms with Crippen molar-refractivity contribution in [3.05, 3.63) is 11.3 Å². The van der Waals surface area contributed by atoms with Gasteiger partial charge < -0.3 is 15.7 Å². The number of rotatable bonds is 1. The molecule has 2 aliphatic heterocycles. The van der Waals surface area contributed by atoms with E-state index in [2.05, 4.69) is 0 Å². The lowest BCUT2D eigenvalue weighted by atomic mass is 9.84. The Morgan fingerprint density at radius 1 is 1.41 bits per heavy atom. The normalized spacial score (nSPS) is 36.1. The highest BCUT2D eigenvalue weighted by Crippen LogP contribution is 2.45. The van der Waals surface area contributed by atoms with E-state index in [1.54, 1.807) is 0 Å². The van der Waals surface area contributed by atoms with Gasteiger partial charge in [-0.25, -0.2) is 0 Å². The largest absolute Gasteiger partial charge is 0.509 e. The SMILES string of the molecule is N=C1C(C(N)=O)=C(O)[C@@H]2C[C@@H]3CCCC[C@@H]3N12. The van der Waals surface area contributed by atoms with Gasteiger partial charge in [0.1, 0.15) is 17.2 Å². The second-order valence-electron chi connectivity index (χ2n) is 5.24. The van der Waals surface area contributed by atoms with Crippen LogP contribution in [0.2, 0.25) is 0 Å². The highest BCUT2D eigenvalue weighted by Gasteiger charge is 2.51. The first kappa shape index (κ1) is 10.6. The van der Waals surface area contributed by atoms with E-state index in [0.29, 0.717) is 12.0 Å². The fourth-order valence-electron chi connectivity index (χ4n) is 3.69. The smallest absolute Gasteiger partial charge is 0.255 e. The van der Waals surface area contributed by atoms with Crippen molar-refractivity contribution >= 4 is 11.7 Å². The molecule has 1 saturated carbocycles. The molecule has 0 aromatic rings. The molecule has 0 spiro atoms. The number of amidine groups is 1. The molecule has 1 amide bonds. The van der Waals surface area contributed by atoms with Crippen LogP contribution in [0.1, 0.15) is 32.1 Å². The number of primary amides is 1. The lowest BCUT2D eigenvalue weighted by molar-refractivity contribution is -0.114. The van der Waals surface area contributed by atoms with Crippen molar-refractivity contribution in [2.24, 2.45) is 11.7 Å². The molecule has 4 N–H and O–H groups in total. The summed E-state index contributed by atoms with van der Waals surface area (Å²) in [5, 5.41) is 18.1. The number of carbonyl (C=O) groups is 1. The average Bonchev–Trinajstić information content (AvgIpc) is 2.76. The molecule has 1 saturated heterocycles. The van der Waals surface area contributed by atoms with E-state index in [1.165, 1.54) is 19.3 Å². The van der Waals surface area contributed by atoms with Gasteiger partial charge in [-0.05, 0) is 25.2 Å². The molecule has 3 rings (SSSR count). The second kappa shape index (κ2) is 3.48. The minimum absolute atomic E-state index is 0.0249. The number of nitrogens with one attached hydrogen (secondary N) is 1. The summed E-state index contributed by atoms with van der Waals surface area (Å²) in [5.74, 6) is 0.0336. The van der Waals surface area contributed by atoms with Gasteiger partial charge in [0.05, 0.1) is 6.04 Å². The number of carbonyl (C=O) groups excluding carboxylic acids is 1. The van der Waals surface area contributed by atoms with Gasteiger partial charge in [-0.3, -0.25) is 10.2 Å². The van der Waals surface area contributed by atoms with Gasteiger partial charge in [0, 0.05) is 6.04 Å². The predicted molar refractivity (Wildman–Crippen MR) is 62.6 cm³/mol. The first-order valence-corrected chi connectivity index (χ1v) is 6.21. The zero-order valence-electron chi connectivity index (χ0n) is 9.65. The van der Waals surface area contributed by atoms with Crippen molar-refractivity contribution < 1.29 is 9.90 Å². The topological polar surface area (TPSA) is 90.4 Å². The number of amides is 1. The summed E-state index contributed by atoms with van der Waals surface area (Å²) >= 11 is 0. The Hall–Kier alpha value is -1.52. The van der Waals surface area contributed by atoms with Crippen LogP contribution in [0.4, 0.5) is 0 Å². The summed E-state index contributed by atoms with van der Waals surface area (Å²) < 4.78 is 0. The van der Waals surface area contributed by atoms with Crippen molar-refractivity contribution in [3.8, 4) is 0 Å². The summed E-state index contributed by atoms with van der Waals surface area (Å²) in [5.41, 5.74) is 5.25. The van der Waals surface area contributed by atoms with Crippen molar-refractivity contribution in [3.63, 3.8) is 0 Å². The Morgan fingerprint density at radius 3 is 2.82 bits per heavy atom. The molecular formula is C12H17N3O2. The van der Waals surface area contributed by atoms with Gasteiger partial charge in [0.15, 0.2) is 0 Å². The van der Waals surface area contributed by atoms with Gasteiger partial charge in [-0.15, -0.1) is 0 Å². The molecule has 0 unspecified atom stereocenters. The summed E-state index contributed by atoms with van der Waals surface area (Å²) in [6, 6.07) is 0.151. The van der Waals surface area contributed by atoms with Gasteiger partial charge in [0.25, 0.3) is 5.91 Å². The highest BCUT2D eigenvalue weighted by molar-refractivity contribution is 6.21. The quantitative estimate of drug-likeness (QED) is 0.631. The van der Waals surface area contributed by atoms with Crippen LogP contribution in [-0.2, 0) is 4.79 Å². The number of hydrogen-bond acceptors (Lipinski definition) is 3. The molecule has 2 fully saturated rings. The maximum absolute atomic E-state index is 11.3. The summed E-state index contributed by atoms with van der Waals surface area (Å²) in [4.78, 5) is 13.2. The fourth-order valence-corrected chi connectivity index (χ4v) is 3.69. The predicted octanol–water partition coefficient (Wildman–Crippen LogP) is 0.908. The van der Waals surface area contributed by atoms with Crippen LogP contribution in [-0.4, -0.2) is 33.8 Å². The van der Waals surface area contributed by atoms with Crippen LogP contribution in [0.3, 0.4) is 0 Å². The third kappa shape index (κ3) is 1.31. The molecule has 17 heavy (non-hydrogen) atoms. The third-order valence-electron chi connectivity index (χ3n) is 4.40. The molecule has 2 heterocycles. The minimum atomic E-state index is -0.686. The maximum Gasteiger partial charge on any atom is 0.255 e. The fraction of sp³-hybridized carbons (Fsp3) is 0.667. The van der Waals surface area contributed by atoms with E-state index in [4.69, 9.17) is 11.1 Å². The average molecular weight is 235 g/mol. The van der Waals surface area contributed by atoms with Crippen LogP contribution >= 0.6 is 0 Å². The first-order chi connectivity index (χ1) is 8.11. The molecule has 3 aliphatic rings. The van der Waals surface area contributed by atoms with Crippen molar-refractivity contribution in [2.75, 3.05) is 0 Å². The van der Waals surface area contributed by atoms with E-state index >= 15 is 0 Å². The number of nitrogens with zero attached hydrogens (tertiary/aromatic N) is 1. The number of hydrogen-bond donors (Lipinski definition) is 3. The van der Waals surface area contributed by atoms with Gasteiger partial charge in [0.2, 0.25) is 0 Å². The van der Waals surface area contributed by atoms with Crippen LogP contribution in [0.5, 0.6) is 0 Å². The zero-order valence-corrected chi connectivity index (χ0v) is 9.65. The molecule has 92 valence electrons. The Labute approximate surface area is 99.8 Å². The maximum atomic E-state index is 11.3. The Morgan fingerprint density at radius 2 is 2.12 bits per heavy atom. The summed E-state index contributed by atoms with van der Waals surface area (Å²) in [6.45, 7) is 0. The molecule has 0 radical (unpaired) electrons. The zero-order chi connectivity index (χ0) is 12.2. The van der Waals surface area contributed by atoms with E-state index < -0.39 is 5.91 Å².